The standard InChI is InChI=1S/C33H34N2O7/c1-3-7-25(36)24-16-26(37)33-27(38)19-29(42-31(33)18-24)23-10-11-28(40-2)30(17-23)41-21-32(39)35-14-12-34(13-15-35)20-22-8-5-4-6-9-22/h4-6,8-11,16-19,37H,3,7,12-15,20-21H2,1-2H3. The van der Waals surface area contributed by atoms with Gasteiger partial charge in [-0.05, 0) is 42.3 Å². The number of amides is 1. The number of hydrogen-bond donors (Lipinski definition) is 1. The van der Waals surface area contributed by atoms with E-state index in [1.54, 1.807) is 23.1 Å². The maximum atomic E-state index is 13.0. The second kappa shape index (κ2) is 12.9. The van der Waals surface area contributed by atoms with Gasteiger partial charge in [0.25, 0.3) is 5.91 Å². The first-order valence-corrected chi connectivity index (χ1v) is 14.1. The van der Waals surface area contributed by atoms with E-state index in [-0.39, 0.29) is 46.3 Å². The number of carbonyl (C=O) groups is 2. The van der Waals surface area contributed by atoms with Crippen molar-refractivity contribution in [2.75, 3.05) is 39.9 Å². The third-order valence-corrected chi connectivity index (χ3v) is 7.38. The van der Waals surface area contributed by atoms with Crippen LogP contribution in [0.3, 0.4) is 0 Å². The van der Waals surface area contributed by atoms with E-state index in [1.165, 1.54) is 30.9 Å². The number of hydrogen-bond acceptors (Lipinski definition) is 8. The molecular weight excluding hydrogens is 536 g/mol. The van der Waals surface area contributed by atoms with Crippen LogP contribution in [-0.2, 0) is 11.3 Å². The van der Waals surface area contributed by atoms with Crippen LogP contribution < -0.4 is 14.9 Å². The van der Waals surface area contributed by atoms with Crippen molar-refractivity contribution in [1.29, 1.82) is 0 Å². The summed E-state index contributed by atoms with van der Waals surface area (Å²) in [6, 6.07) is 19.3. The van der Waals surface area contributed by atoms with Crippen molar-refractivity contribution in [2.24, 2.45) is 0 Å². The van der Waals surface area contributed by atoms with Gasteiger partial charge in [0.1, 0.15) is 22.5 Å². The predicted octanol–water partition coefficient (Wildman–Crippen LogP) is 4.88. The van der Waals surface area contributed by atoms with Crippen molar-refractivity contribution in [1.82, 2.24) is 9.80 Å². The largest absolute Gasteiger partial charge is 0.507 e. The number of Topliss-reactive ketones (excluding diaryl/α,β-unsaturated/α-hetero) is 1. The molecule has 1 amide bonds. The minimum Gasteiger partial charge on any atom is -0.507 e. The molecule has 2 heterocycles. The molecule has 0 bridgehead atoms. The summed E-state index contributed by atoms with van der Waals surface area (Å²) in [5, 5.41) is 10.5. The Morgan fingerprint density at radius 2 is 1.71 bits per heavy atom. The highest BCUT2D eigenvalue weighted by Crippen LogP contribution is 2.34. The molecule has 42 heavy (non-hydrogen) atoms. The van der Waals surface area contributed by atoms with Gasteiger partial charge in [0.05, 0.1) is 7.11 Å². The van der Waals surface area contributed by atoms with Crippen LogP contribution in [0.2, 0.25) is 0 Å². The van der Waals surface area contributed by atoms with Crippen LogP contribution >= 0.6 is 0 Å². The number of carbonyl (C=O) groups excluding carboxylic acids is 2. The van der Waals surface area contributed by atoms with Gasteiger partial charge in [0.15, 0.2) is 29.3 Å². The summed E-state index contributed by atoms with van der Waals surface area (Å²) in [4.78, 5) is 42.4. The molecule has 0 radical (unpaired) electrons. The minimum atomic E-state index is -0.446. The number of piperazine rings is 1. The number of phenolic OH excluding ortho intramolecular Hbond substituents is 1. The van der Waals surface area contributed by atoms with Crippen molar-refractivity contribution in [3.8, 4) is 28.6 Å². The molecule has 9 nitrogen and oxygen atoms in total. The number of benzene rings is 3. The fraction of sp³-hybridized carbons (Fsp3) is 0.303. The summed E-state index contributed by atoms with van der Waals surface area (Å²) in [6.07, 6.45) is 0.972. The lowest BCUT2D eigenvalue weighted by Crippen LogP contribution is -2.49. The molecule has 0 spiro atoms. The third kappa shape index (κ3) is 6.47. The van der Waals surface area contributed by atoms with Gasteiger partial charge >= 0.3 is 0 Å². The Labute approximate surface area is 243 Å². The zero-order chi connectivity index (χ0) is 29.6. The Bertz CT molecular complexity index is 1640. The molecule has 1 aliphatic heterocycles. The van der Waals surface area contributed by atoms with Crippen molar-refractivity contribution in [3.05, 3.63) is 88.1 Å². The van der Waals surface area contributed by atoms with E-state index in [1.807, 2.05) is 25.1 Å². The molecular formula is C33H34N2O7. The maximum absolute atomic E-state index is 13.0. The molecule has 1 aromatic heterocycles. The average molecular weight is 571 g/mol. The van der Waals surface area contributed by atoms with E-state index in [4.69, 9.17) is 13.9 Å². The minimum absolute atomic E-state index is 0.00578. The molecule has 4 aromatic rings. The average Bonchev–Trinajstić information content (AvgIpc) is 3.00. The fourth-order valence-corrected chi connectivity index (χ4v) is 5.11. The molecule has 0 atom stereocenters. The topological polar surface area (TPSA) is 110 Å². The molecule has 1 N–H and O–H groups in total. The van der Waals surface area contributed by atoms with Gasteiger partial charge in [-0.15, -0.1) is 0 Å². The smallest absolute Gasteiger partial charge is 0.260 e. The molecule has 1 aliphatic rings. The highest BCUT2D eigenvalue weighted by atomic mass is 16.5. The third-order valence-electron chi connectivity index (χ3n) is 7.38. The first-order valence-electron chi connectivity index (χ1n) is 14.1. The Kier molecular flexibility index (Phi) is 8.88. The number of methoxy groups -OCH3 is 1. The van der Waals surface area contributed by atoms with Gasteiger partial charge in [0.2, 0.25) is 0 Å². The normalized spacial score (nSPS) is 13.7. The summed E-state index contributed by atoms with van der Waals surface area (Å²) in [6.45, 7) is 5.36. The SMILES string of the molecule is CCCC(=O)c1cc(O)c2c(=O)cc(-c3ccc(OC)c(OCC(=O)N4CCN(Cc5ccccc5)CC4)c3)oc2c1. The van der Waals surface area contributed by atoms with Crippen LogP contribution in [0.4, 0.5) is 0 Å². The quantitative estimate of drug-likeness (QED) is 0.269. The molecule has 0 unspecified atom stereocenters. The van der Waals surface area contributed by atoms with Crippen molar-refractivity contribution < 1.29 is 28.6 Å². The highest BCUT2D eigenvalue weighted by molar-refractivity contribution is 6.00. The van der Waals surface area contributed by atoms with Crippen molar-refractivity contribution in [2.45, 2.75) is 26.3 Å². The highest BCUT2D eigenvalue weighted by Gasteiger charge is 2.22. The molecule has 9 heteroatoms. The van der Waals surface area contributed by atoms with Crippen LogP contribution in [0.1, 0.15) is 35.7 Å². The molecule has 5 rings (SSSR count). The molecule has 3 aromatic carbocycles. The van der Waals surface area contributed by atoms with Crippen LogP contribution in [0.15, 0.2) is 75.9 Å². The number of nitrogens with zero attached hydrogens (tertiary/aromatic N) is 2. The Balaban J connectivity index is 1.30. The molecule has 1 fully saturated rings. The van der Waals surface area contributed by atoms with Gasteiger partial charge in [-0.3, -0.25) is 19.3 Å². The van der Waals surface area contributed by atoms with E-state index in [0.29, 0.717) is 43.0 Å². The zero-order valence-electron chi connectivity index (χ0n) is 23.8. The van der Waals surface area contributed by atoms with Gasteiger partial charge < -0.3 is 23.9 Å². The summed E-state index contributed by atoms with van der Waals surface area (Å²) < 4.78 is 17.3. The van der Waals surface area contributed by atoms with Gasteiger partial charge in [-0.2, -0.15) is 0 Å². The first-order chi connectivity index (χ1) is 20.4. The van der Waals surface area contributed by atoms with Crippen molar-refractivity contribution >= 4 is 22.7 Å². The van der Waals surface area contributed by atoms with E-state index >= 15 is 0 Å². The van der Waals surface area contributed by atoms with E-state index in [2.05, 4.69) is 17.0 Å². The lowest BCUT2D eigenvalue weighted by molar-refractivity contribution is -0.135. The summed E-state index contributed by atoms with van der Waals surface area (Å²) in [7, 11) is 1.50. The maximum Gasteiger partial charge on any atom is 0.260 e. The van der Waals surface area contributed by atoms with E-state index < -0.39 is 5.43 Å². The van der Waals surface area contributed by atoms with Crippen molar-refractivity contribution in [3.63, 3.8) is 0 Å². The summed E-state index contributed by atoms with van der Waals surface area (Å²) in [5.41, 5.74) is 1.70. The molecule has 218 valence electrons. The van der Waals surface area contributed by atoms with E-state index in [9.17, 15) is 19.5 Å². The van der Waals surface area contributed by atoms with Gasteiger partial charge in [-0.1, -0.05) is 37.3 Å². The van der Waals surface area contributed by atoms with Gasteiger partial charge in [0, 0.05) is 56.3 Å². The first kappa shape index (κ1) is 28.9. The Morgan fingerprint density at radius 1 is 0.952 bits per heavy atom. The van der Waals surface area contributed by atoms with E-state index in [0.717, 1.165) is 19.6 Å². The Hall–Kier alpha value is -4.63. The second-order valence-electron chi connectivity index (χ2n) is 10.3. The van der Waals surface area contributed by atoms with Crippen LogP contribution in [-0.4, -0.2) is 66.5 Å². The van der Waals surface area contributed by atoms with Crippen LogP contribution in [0, 0.1) is 0 Å². The number of rotatable bonds is 10. The van der Waals surface area contributed by atoms with Crippen LogP contribution in [0.25, 0.3) is 22.3 Å². The number of aromatic hydroxyl groups is 1. The number of ketones is 1. The lowest BCUT2D eigenvalue weighted by Gasteiger charge is -2.34. The van der Waals surface area contributed by atoms with Crippen LogP contribution in [0.5, 0.6) is 17.2 Å². The Morgan fingerprint density at radius 3 is 2.43 bits per heavy atom. The monoisotopic (exact) mass is 570 g/mol. The lowest BCUT2D eigenvalue weighted by atomic mass is 10.0. The number of ether oxygens (including phenoxy) is 2. The molecule has 0 aliphatic carbocycles. The zero-order valence-corrected chi connectivity index (χ0v) is 23.8. The fourth-order valence-electron chi connectivity index (χ4n) is 5.11. The summed E-state index contributed by atoms with van der Waals surface area (Å²) >= 11 is 0. The molecule has 1 saturated heterocycles. The molecule has 0 saturated carbocycles. The van der Waals surface area contributed by atoms with Gasteiger partial charge in [-0.25, -0.2) is 0 Å². The second-order valence-corrected chi connectivity index (χ2v) is 10.3. The number of fused-ring (bicyclic) bond motifs is 1. The predicted molar refractivity (Wildman–Crippen MR) is 159 cm³/mol. The summed E-state index contributed by atoms with van der Waals surface area (Å²) in [5.74, 6) is 0.394. The number of phenols is 1.